The molecule has 1 rings (SSSR count). The van der Waals surface area contributed by atoms with Gasteiger partial charge in [0.25, 0.3) is 0 Å². The third-order valence-electron chi connectivity index (χ3n) is 1.28. The van der Waals surface area contributed by atoms with E-state index in [4.69, 9.17) is 19.4 Å². The molecule has 0 aromatic heterocycles. The third-order valence-corrected chi connectivity index (χ3v) is 3.22. The SMILES string of the molecule is [Cl][Ru]([Cl])=[CH]C1=CCCC1. The summed E-state index contributed by atoms with van der Waals surface area (Å²) in [5.41, 5.74) is 1.37. The predicted molar refractivity (Wildman–Crippen MR) is 39.7 cm³/mol. The van der Waals surface area contributed by atoms with E-state index in [1.807, 2.05) is 4.61 Å². The molecule has 54 valence electrons. The van der Waals surface area contributed by atoms with Crippen LogP contribution in [0.4, 0.5) is 0 Å². The second-order valence-electron chi connectivity index (χ2n) is 1.98. The number of hydrogen-bond donors (Lipinski definition) is 0. The number of allylic oxidation sites excluding steroid dienone is 2. The topological polar surface area (TPSA) is 0 Å². The van der Waals surface area contributed by atoms with Gasteiger partial charge in [-0.3, -0.25) is 0 Å². The van der Waals surface area contributed by atoms with E-state index in [-0.39, 0.29) is 0 Å². The summed E-state index contributed by atoms with van der Waals surface area (Å²) in [4.78, 5) is 0. The molecule has 0 saturated carbocycles. The summed E-state index contributed by atoms with van der Waals surface area (Å²) in [6.07, 6.45) is 5.90. The minimum absolute atomic E-state index is 1.18. The molecule has 0 aromatic rings. The van der Waals surface area contributed by atoms with Crippen LogP contribution < -0.4 is 0 Å². The van der Waals surface area contributed by atoms with Gasteiger partial charge in [0.05, 0.1) is 0 Å². The van der Waals surface area contributed by atoms with Gasteiger partial charge in [-0.05, 0) is 0 Å². The zero-order valence-corrected chi connectivity index (χ0v) is 8.14. The summed E-state index contributed by atoms with van der Waals surface area (Å²) >= 11 is -1.51. The van der Waals surface area contributed by atoms with Gasteiger partial charge in [-0.25, -0.2) is 0 Å². The number of rotatable bonds is 1. The third kappa shape index (κ3) is 2.93. The second kappa shape index (κ2) is 3.86. The Morgan fingerprint density at radius 2 is 2.33 bits per heavy atom. The van der Waals surface area contributed by atoms with Crippen molar-refractivity contribution in [1.82, 2.24) is 0 Å². The van der Waals surface area contributed by atoms with Gasteiger partial charge in [-0.15, -0.1) is 0 Å². The maximum atomic E-state index is 5.67. The molecule has 0 nitrogen and oxygen atoms in total. The molecule has 0 saturated heterocycles. The Kier molecular flexibility index (Phi) is 3.39. The summed E-state index contributed by atoms with van der Waals surface area (Å²) in [7, 11) is 11.3. The van der Waals surface area contributed by atoms with Crippen LogP contribution in [-0.2, 0) is 13.5 Å². The van der Waals surface area contributed by atoms with Crippen LogP contribution >= 0.6 is 19.4 Å². The average molecular weight is 252 g/mol. The fourth-order valence-electron chi connectivity index (χ4n) is 0.888. The molecule has 0 amide bonds. The summed E-state index contributed by atoms with van der Waals surface area (Å²) in [6, 6.07) is 0. The van der Waals surface area contributed by atoms with Crippen molar-refractivity contribution in [3.63, 3.8) is 0 Å². The van der Waals surface area contributed by atoms with Crippen molar-refractivity contribution in [2.24, 2.45) is 0 Å². The van der Waals surface area contributed by atoms with Crippen molar-refractivity contribution in [2.75, 3.05) is 0 Å². The molecular weight excluding hydrogens is 244 g/mol. The van der Waals surface area contributed by atoms with Crippen molar-refractivity contribution >= 4 is 24.0 Å². The monoisotopic (exact) mass is 252 g/mol. The molecule has 0 N–H and O–H groups in total. The van der Waals surface area contributed by atoms with Gasteiger partial charge in [0.1, 0.15) is 0 Å². The van der Waals surface area contributed by atoms with Gasteiger partial charge in [0.15, 0.2) is 0 Å². The van der Waals surface area contributed by atoms with Crippen LogP contribution in [-0.4, -0.2) is 4.61 Å². The van der Waals surface area contributed by atoms with Gasteiger partial charge in [0, 0.05) is 0 Å². The van der Waals surface area contributed by atoms with E-state index in [0.29, 0.717) is 0 Å². The quantitative estimate of drug-likeness (QED) is 0.629. The van der Waals surface area contributed by atoms with Crippen LogP contribution in [0.25, 0.3) is 0 Å². The van der Waals surface area contributed by atoms with Crippen molar-refractivity contribution < 1.29 is 13.5 Å². The predicted octanol–water partition coefficient (Wildman–Crippen LogP) is 2.82. The summed E-state index contributed by atoms with van der Waals surface area (Å²) in [6.45, 7) is 0. The van der Waals surface area contributed by atoms with E-state index in [1.54, 1.807) is 0 Å². The van der Waals surface area contributed by atoms with E-state index in [1.165, 1.54) is 24.8 Å². The summed E-state index contributed by atoms with van der Waals surface area (Å²) < 4.78 is 2.04. The van der Waals surface area contributed by atoms with Crippen LogP contribution in [0.3, 0.4) is 0 Å². The van der Waals surface area contributed by atoms with Gasteiger partial charge >= 0.3 is 68.4 Å². The molecule has 0 unspecified atom stereocenters. The zero-order chi connectivity index (χ0) is 6.69. The first-order valence-electron chi connectivity index (χ1n) is 2.81. The van der Waals surface area contributed by atoms with E-state index < -0.39 is 13.5 Å². The van der Waals surface area contributed by atoms with Gasteiger partial charge in [-0.2, -0.15) is 0 Å². The Balaban J connectivity index is 2.53. The molecular formula is C6H8Cl2Ru. The van der Waals surface area contributed by atoms with E-state index in [9.17, 15) is 0 Å². The van der Waals surface area contributed by atoms with Crippen molar-refractivity contribution in [1.29, 1.82) is 0 Å². The van der Waals surface area contributed by atoms with Crippen molar-refractivity contribution in [3.05, 3.63) is 11.6 Å². The van der Waals surface area contributed by atoms with Crippen LogP contribution in [0, 0.1) is 0 Å². The van der Waals surface area contributed by atoms with Crippen molar-refractivity contribution in [3.8, 4) is 0 Å². The normalized spacial score (nSPS) is 19.3. The van der Waals surface area contributed by atoms with E-state index >= 15 is 0 Å². The molecule has 0 bridgehead atoms. The number of hydrogen-bond acceptors (Lipinski definition) is 0. The molecule has 0 aromatic carbocycles. The van der Waals surface area contributed by atoms with Crippen LogP contribution in [0.2, 0.25) is 0 Å². The Morgan fingerprint density at radius 3 is 2.78 bits per heavy atom. The van der Waals surface area contributed by atoms with Crippen molar-refractivity contribution in [2.45, 2.75) is 19.3 Å². The standard InChI is InChI=1S/C6H8.2ClH.Ru/c1-6-4-2-3-5-6;;;/h1,4H,2-3,5H2;2*1H;/q;;;+2/p-2. The first-order valence-corrected chi connectivity index (χ1v) is 8.29. The molecule has 1 aliphatic rings. The molecule has 0 aliphatic heterocycles. The average Bonchev–Trinajstić information content (AvgIpc) is 2.15. The first kappa shape index (κ1) is 7.92. The molecule has 0 spiro atoms. The van der Waals surface area contributed by atoms with Gasteiger partial charge in [-0.1, -0.05) is 0 Å². The Labute approximate surface area is 68.4 Å². The maximum absolute atomic E-state index is 5.67. The molecule has 9 heavy (non-hydrogen) atoms. The second-order valence-corrected chi connectivity index (χ2v) is 7.70. The first-order chi connectivity index (χ1) is 4.29. The fourth-order valence-corrected chi connectivity index (χ4v) is 3.00. The summed E-state index contributed by atoms with van der Waals surface area (Å²) in [5.74, 6) is 0. The Morgan fingerprint density at radius 1 is 1.56 bits per heavy atom. The molecule has 1 aliphatic carbocycles. The van der Waals surface area contributed by atoms with Gasteiger partial charge < -0.3 is 0 Å². The van der Waals surface area contributed by atoms with E-state index in [0.717, 1.165) is 0 Å². The van der Waals surface area contributed by atoms with Crippen LogP contribution in [0.15, 0.2) is 11.6 Å². The molecule has 0 fully saturated rings. The molecule has 0 heterocycles. The minimum atomic E-state index is -1.51. The molecule has 3 heteroatoms. The number of halogens is 2. The Hall–Kier alpha value is 0.813. The van der Waals surface area contributed by atoms with E-state index in [2.05, 4.69) is 6.08 Å². The molecule has 0 atom stereocenters. The fraction of sp³-hybridized carbons (Fsp3) is 0.500. The van der Waals surface area contributed by atoms with Crippen LogP contribution in [0.5, 0.6) is 0 Å². The van der Waals surface area contributed by atoms with Crippen LogP contribution in [0.1, 0.15) is 19.3 Å². The molecule has 0 radical (unpaired) electrons. The van der Waals surface area contributed by atoms with Gasteiger partial charge in [0.2, 0.25) is 0 Å². The Bertz CT molecular complexity index is 156. The summed E-state index contributed by atoms with van der Waals surface area (Å²) in [5, 5.41) is 0. The zero-order valence-electron chi connectivity index (χ0n) is 4.89.